The number of nitrogens with zero attached hydrogens (tertiary/aromatic N) is 4. The van der Waals surface area contributed by atoms with Gasteiger partial charge in [-0.05, 0) is 0 Å². The standard InChI is InChI=1S/C14H18F6N4O2Si/c1-23(2)21-11(13(15,16)17)25-27(23,10-8-6-5-7-9-10)24(3,4)22-12(26-27)14(18,19)20/h5-9,27H,1-4H3. The fourth-order valence-electron chi connectivity index (χ4n) is 4.25. The average molecular weight is 416 g/mol. The van der Waals surface area contributed by atoms with Gasteiger partial charge in [-0.25, -0.2) is 0 Å². The Balaban J connectivity index is 2.38. The molecular formula is C14H18F6N4O2Si. The summed E-state index contributed by atoms with van der Waals surface area (Å²) in [7, 11) is -0.971. The Labute approximate surface area is 150 Å². The topological polar surface area (TPSA) is 43.2 Å². The van der Waals surface area contributed by atoms with Crippen molar-refractivity contribution in [3.63, 3.8) is 0 Å². The van der Waals surface area contributed by atoms with Crippen LogP contribution in [-0.4, -0.2) is 69.0 Å². The van der Waals surface area contributed by atoms with Crippen LogP contribution in [0.3, 0.4) is 0 Å². The zero-order chi connectivity index (χ0) is 20.5. The molecule has 0 N–H and O–H groups in total. The molecule has 6 nitrogen and oxygen atoms in total. The Morgan fingerprint density at radius 3 is 1.41 bits per heavy atom. The predicted octanol–water partition coefficient (Wildman–Crippen LogP) is 1.98. The average Bonchev–Trinajstić information content (AvgIpc) is 2.91. The summed E-state index contributed by atoms with van der Waals surface area (Å²) >= 11 is 0. The molecule has 0 unspecified atom stereocenters. The van der Waals surface area contributed by atoms with Crippen molar-refractivity contribution < 1.29 is 43.7 Å². The van der Waals surface area contributed by atoms with Crippen molar-refractivity contribution in [3.8, 4) is 0 Å². The first-order valence-electron chi connectivity index (χ1n) is 7.87. The Bertz CT molecular complexity index is 797. The van der Waals surface area contributed by atoms with Crippen molar-refractivity contribution in [1.29, 1.82) is 0 Å². The summed E-state index contributed by atoms with van der Waals surface area (Å²) in [5.41, 5.74) is 0. The van der Waals surface area contributed by atoms with Crippen molar-refractivity contribution in [2.75, 3.05) is 28.2 Å². The van der Waals surface area contributed by atoms with E-state index < -0.39 is 40.8 Å². The maximum atomic E-state index is 13.4. The van der Waals surface area contributed by atoms with E-state index in [-0.39, 0.29) is 5.19 Å². The van der Waals surface area contributed by atoms with Crippen molar-refractivity contribution >= 4 is 25.1 Å². The summed E-state index contributed by atoms with van der Waals surface area (Å²) in [5.74, 6) is -3.27. The van der Waals surface area contributed by atoms with Crippen LogP contribution in [0.4, 0.5) is 26.3 Å². The molecule has 0 fully saturated rings. The molecule has 0 radical (unpaired) electrons. The summed E-state index contributed by atoms with van der Waals surface area (Å²) in [6, 6.07) is 7.31. The third-order valence-electron chi connectivity index (χ3n) is 5.43. The van der Waals surface area contributed by atoms with E-state index in [0.717, 1.165) is 0 Å². The minimum atomic E-state index is -5.88. The summed E-state index contributed by atoms with van der Waals surface area (Å²) in [6.07, 6.45) is -10.0. The van der Waals surface area contributed by atoms with Crippen LogP contribution in [0, 0.1) is 0 Å². The van der Waals surface area contributed by atoms with Gasteiger partial charge in [0.25, 0.3) is 0 Å². The molecule has 0 aromatic heterocycles. The van der Waals surface area contributed by atoms with Crippen LogP contribution in [0.2, 0.25) is 0 Å². The summed E-state index contributed by atoms with van der Waals surface area (Å²) in [5, 5.41) is 7.24. The molecule has 3 rings (SSSR count). The maximum absolute atomic E-state index is 13.4. The van der Waals surface area contributed by atoms with Crippen LogP contribution >= 0.6 is 0 Å². The second-order valence-electron chi connectivity index (χ2n) is 7.54. The molecule has 1 spiro atoms. The number of rotatable bonds is 1. The number of quaternary nitrogens is 2. The van der Waals surface area contributed by atoms with Gasteiger partial charge in [-0.1, -0.05) is 0 Å². The van der Waals surface area contributed by atoms with Gasteiger partial charge in [-0.15, -0.1) is 0 Å². The first-order chi connectivity index (χ1) is 12.1. The number of benzene rings is 1. The third-order valence-corrected chi connectivity index (χ3v) is 12.9. The van der Waals surface area contributed by atoms with Crippen LogP contribution in [0.5, 0.6) is 0 Å². The second-order valence-corrected chi connectivity index (χ2v) is 13.5. The van der Waals surface area contributed by atoms with E-state index in [1.54, 1.807) is 6.07 Å². The predicted molar refractivity (Wildman–Crippen MR) is 86.6 cm³/mol. The molecule has 0 atom stereocenters. The molecular weight excluding hydrogens is 398 g/mol. The fourth-order valence-corrected chi connectivity index (χ4v) is 11.1. The van der Waals surface area contributed by atoms with E-state index in [0.29, 0.717) is 0 Å². The number of halogens is 6. The molecule has 13 heteroatoms. The molecule has 0 aliphatic carbocycles. The van der Waals surface area contributed by atoms with Crippen LogP contribution in [0.25, 0.3) is 0 Å². The quantitative estimate of drug-likeness (QED) is 0.519. The zero-order valence-electron chi connectivity index (χ0n) is 14.8. The molecule has 1 aromatic carbocycles. The number of alkyl halides is 6. The number of hydrogen-bond donors (Lipinski definition) is 0. The van der Waals surface area contributed by atoms with Gasteiger partial charge in [-0.3, -0.25) is 0 Å². The van der Waals surface area contributed by atoms with Gasteiger partial charge in [0.15, 0.2) is 0 Å². The molecule has 0 amide bonds. The Hall–Kier alpha value is -2.12. The van der Waals surface area contributed by atoms with Gasteiger partial charge in [0.2, 0.25) is 0 Å². The zero-order valence-corrected chi connectivity index (χ0v) is 16.0. The first kappa shape index (κ1) is 19.6. The molecule has 0 bridgehead atoms. The molecule has 1 aromatic rings. The molecule has 152 valence electrons. The van der Waals surface area contributed by atoms with Crippen LogP contribution in [-0.2, 0) is 8.85 Å². The third kappa shape index (κ3) is 2.21. The first-order valence-corrected chi connectivity index (χ1v) is 10.4. The van der Waals surface area contributed by atoms with Crippen molar-refractivity contribution in [1.82, 2.24) is 0 Å². The van der Waals surface area contributed by atoms with Crippen molar-refractivity contribution in [3.05, 3.63) is 30.3 Å². The summed E-state index contributed by atoms with van der Waals surface area (Å²) in [6.45, 7) is 0. The Kier molecular flexibility index (Phi) is 3.65. The Morgan fingerprint density at radius 2 is 1.11 bits per heavy atom. The van der Waals surface area contributed by atoms with Crippen LogP contribution in [0.1, 0.15) is 0 Å². The summed E-state index contributed by atoms with van der Waals surface area (Å²) < 4.78 is 89.7. The summed E-state index contributed by atoms with van der Waals surface area (Å²) in [4.78, 5) is 0. The van der Waals surface area contributed by atoms with Gasteiger partial charge >= 0.3 is 150 Å². The second kappa shape index (κ2) is 5.02. The van der Waals surface area contributed by atoms with E-state index in [9.17, 15) is 26.3 Å². The Morgan fingerprint density at radius 1 is 0.741 bits per heavy atom. The van der Waals surface area contributed by atoms with Gasteiger partial charge in [0, 0.05) is 0 Å². The van der Waals surface area contributed by atoms with E-state index >= 15 is 0 Å². The van der Waals surface area contributed by atoms with Crippen LogP contribution < -0.4 is 5.19 Å². The molecule has 2 aliphatic heterocycles. The van der Waals surface area contributed by atoms with Crippen molar-refractivity contribution in [2.45, 2.75) is 12.4 Å². The molecule has 0 saturated heterocycles. The van der Waals surface area contributed by atoms with Gasteiger partial charge < -0.3 is 0 Å². The van der Waals surface area contributed by atoms with E-state index in [1.165, 1.54) is 52.5 Å². The molecule has 2 heterocycles. The van der Waals surface area contributed by atoms with Gasteiger partial charge in [0.1, 0.15) is 0 Å². The van der Waals surface area contributed by atoms with Gasteiger partial charge in [0.05, 0.1) is 0 Å². The van der Waals surface area contributed by atoms with E-state index in [1.807, 2.05) is 0 Å². The molecule has 2 aliphatic rings. The van der Waals surface area contributed by atoms with Crippen LogP contribution in [0.15, 0.2) is 40.5 Å². The SMILES string of the molecule is C[N+]1(C)N=C(C(F)(F)F)O[SiH-2]12(c1ccccc1)OC(C(F)(F)F)=N[N+]2(C)C. The normalized spacial score (nSPS) is 26.4. The monoisotopic (exact) mass is 416 g/mol. The molecule has 0 saturated carbocycles. The van der Waals surface area contributed by atoms with Gasteiger partial charge in [-0.2, -0.15) is 0 Å². The number of hydrogen-bond acceptors (Lipinski definition) is 4. The minimum absolute atomic E-state index is 0.0625. The fraction of sp³-hybridized carbons (Fsp3) is 0.429. The van der Waals surface area contributed by atoms with E-state index in [2.05, 4.69) is 10.2 Å². The van der Waals surface area contributed by atoms with E-state index in [4.69, 9.17) is 8.85 Å². The van der Waals surface area contributed by atoms with Crippen molar-refractivity contribution in [2.24, 2.45) is 10.2 Å². The molecule has 27 heavy (non-hydrogen) atoms.